The smallest absolute Gasteiger partial charge is 0.306 e. The number of esters is 1. The number of aliphatic hydroxyl groups excluding tert-OH is 1. The van der Waals surface area contributed by atoms with Gasteiger partial charge in [0.1, 0.15) is 29.7 Å². The predicted molar refractivity (Wildman–Crippen MR) is 394 cm³/mol. The van der Waals surface area contributed by atoms with Gasteiger partial charge in [-0.3, -0.25) is 67.2 Å². The second-order valence-electron chi connectivity index (χ2n) is 33.0. The van der Waals surface area contributed by atoms with Gasteiger partial charge in [0, 0.05) is 110 Å². The Bertz CT molecular complexity index is 2800. The third-order valence-electron chi connectivity index (χ3n) is 21.1. The van der Waals surface area contributed by atoms with Gasteiger partial charge in [-0.15, -0.1) is 0 Å². The molecule has 7 amide bonds. The summed E-state index contributed by atoms with van der Waals surface area (Å²) >= 11 is 0. The average Bonchev–Trinajstić information content (AvgIpc) is 0.816. The van der Waals surface area contributed by atoms with E-state index in [9.17, 15) is 43.5 Å². The van der Waals surface area contributed by atoms with Crippen LogP contribution in [0.1, 0.15) is 221 Å². The Kier molecular flexibility index (Phi) is 39.2. The second-order valence-corrected chi connectivity index (χ2v) is 33.0. The first-order valence-electron chi connectivity index (χ1n) is 38.0. The van der Waals surface area contributed by atoms with Gasteiger partial charge in [-0.2, -0.15) is 0 Å². The fourth-order valence-corrected chi connectivity index (χ4v) is 14.5. The van der Waals surface area contributed by atoms with E-state index in [0.717, 1.165) is 32.5 Å². The molecule has 0 radical (unpaired) electrons. The van der Waals surface area contributed by atoms with Crippen LogP contribution in [0, 0.1) is 82.3 Å². The van der Waals surface area contributed by atoms with E-state index in [1.165, 1.54) is 61.7 Å². The van der Waals surface area contributed by atoms with Crippen molar-refractivity contribution in [1.82, 2.24) is 40.4 Å². The van der Waals surface area contributed by atoms with E-state index >= 15 is 24.0 Å². The summed E-state index contributed by atoms with van der Waals surface area (Å²) in [5.74, 6) is -15.7. The summed E-state index contributed by atoms with van der Waals surface area (Å²) in [7, 11) is 7.20. The molecule has 584 valence electrons. The van der Waals surface area contributed by atoms with Crippen molar-refractivity contribution in [2.45, 2.75) is 264 Å². The highest BCUT2D eigenvalue weighted by Crippen LogP contribution is 2.37. The maximum absolute atomic E-state index is 15.4. The summed E-state index contributed by atoms with van der Waals surface area (Å²) in [6.45, 7) is 37.2. The Morgan fingerprint density at radius 1 is 0.608 bits per heavy atom. The van der Waals surface area contributed by atoms with Crippen LogP contribution < -0.4 is 16.0 Å². The molecule has 0 saturated carbocycles. The summed E-state index contributed by atoms with van der Waals surface area (Å²) in [6, 6.07) is -7.43. The number of nitrogens with one attached hydrogen (secondary N) is 3. The molecule has 0 aliphatic carbocycles. The van der Waals surface area contributed by atoms with E-state index in [-0.39, 0.29) is 81.6 Å². The molecule has 0 spiro atoms. The van der Waals surface area contributed by atoms with Crippen molar-refractivity contribution < 1.29 is 76.9 Å². The van der Waals surface area contributed by atoms with Crippen LogP contribution in [-0.4, -0.2) is 223 Å². The number of ether oxygens (including phenoxy) is 2. The van der Waals surface area contributed by atoms with E-state index in [1.54, 1.807) is 83.2 Å². The molecule has 14 atom stereocenters. The van der Waals surface area contributed by atoms with Crippen LogP contribution >= 0.6 is 0 Å². The van der Waals surface area contributed by atoms with Crippen molar-refractivity contribution in [2.24, 2.45) is 82.3 Å². The average molecular weight is 1440 g/mol. The summed E-state index contributed by atoms with van der Waals surface area (Å²) in [6.07, 6.45) is -0.0577. The van der Waals surface area contributed by atoms with Gasteiger partial charge in [-0.25, -0.2) is 0 Å². The fourth-order valence-electron chi connectivity index (χ4n) is 14.5. The highest BCUT2D eigenvalue weighted by atomic mass is 16.5. The summed E-state index contributed by atoms with van der Waals surface area (Å²) in [5.41, 5.74) is -1.20. The van der Waals surface area contributed by atoms with E-state index < -0.39 is 190 Å². The van der Waals surface area contributed by atoms with Crippen LogP contribution in [-0.2, 0) is 71.8 Å². The zero-order valence-corrected chi connectivity index (χ0v) is 67.0. The number of morpholine rings is 1. The molecule has 0 bridgehead atoms. The number of unbranched alkanes of at least 4 members (excludes halogenated alkanes) is 2. The largest absolute Gasteiger partial charge is 0.469 e. The van der Waals surface area contributed by atoms with Crippen LogP contribution in [0.15, 0.2) is 0 Å². The van der Waals surface area contributed by atoms with Crippen LogP contribution in [0.2, 0.25) is 0 Å². The Hall–Kier alpha value is -6.01. The molecule has 2 rings (SSSR count). The van der Waals surface area contributed by atoms with E-state index in [0.29, 0.717) is 26.1 Å². The zero-order chi connectivity index (χ0) is 78.1. The number of Topliss-reactive ketones (excluding diaryl/α,β-unsaturated/α-hetero) is 5. The van der Waals surface area contributed by atoms with Gasteiger partial charge in [-0.05, 0) is 98.8 Å². The molecule has 0 aromatic heterocycles. The lowest BCUT2D eigenvalue weighted by Crippen LogP contribution is -2.61. The molecule has 4 N–H and O–H groups in total. The lowest BCUT2D eigenvalue weighted by atomic mass is 9.70. The summed E-state index contributed by atoms with van der Waals surface area (Å²) in [5, 5.41) is 20.7. The topological polar surface area (TPSA) is 313 Å². The van der Waals surface area contributed by atoms with Crippen molar-refractivity contribution >= 4 is 76.2 Å². The van der Waals surface area contributed by atoms with E-state index in [2.05, 4.69) is 20.9 Å². The normalized spacial score (nSPS) is 26.5. The molecular formula is C78H136N8O16. The molecular weight excluding hydrogens is 1300 g/mol. The van der Waals surface area contributed by atoms with E-state index in [1.807, 2.05) is 41.5 Å². The van der Waals surface area contributed by atoms with Gasteiger partial charge in [0.2, 0.25) is 41.4 Å². The zero-order valence-electron chi connectivity index (χ0n) is 67.0. The number of carbonyl (C=O) groups excluding carboxylic acids is 13. The number of hydrogen-bond acceptors (Lipinski definition) is 17. The molecule has 24 heteroatoms. The minimum absolute atomic E-state index is 0.0301. The SMILES string of the molecule is CC[C@@H]1NC(=O)[C@H]([C@H](O)[C@H](C)CCCCCN2CCOCC2)NC(=O)[C@H](C(C)C)N(C)C(=O)[C@H](CC(C)C)CC(=O)[C@H](CC(C)C)N(C)C(=O)[C@@H](C)NC(=O)[C@H](C)CC(=O)[C@H](CC(C)C)N(C)C(=O)[C@H](C(C)C)CC(=O)[C@H](C(C)(C)CN(C)C(=O)[C@@H](CC(=O)OC)C(C)C)CC(=O)[C@@H](C)CC1=O. The Balaban J connectivity index is 2.99. The quantitative estimate of drug-likeness (QED) is 0.0526. The molecule has 2 aliphatic heterocycles. The lowest BCUT2D eigenvalue weighted by molar-refractivity contribution is -0.149. The first kappa shape index (κ1) is 92.1. The number of aliphatic hydroxyl groups is 1. The monoisotopic (exact) mass is 1440 g/mol. The molecule has 102 heavy (non-hydrogen) atoms. The molecule has 2 aliphatic rings. The fraction of sp³-hybridized carbons (Fsp3) is 0.833. The number of rotatable bonds is 24. The van der Waals surface area contributed by atoms with Crippen LogP contribution in [0.5, 0.6) is 0 Å². The van der Waals surface area contributed by atoms with Gasteiger partial charge < -0.3 is 50.1 Å². The maximum atomic E-state index is 15.4. The van der Waals surface area contributed by atoms with Gasteiger partial charge in [0.15, 0.2) is 17.3 Å². The standard InChI is InChI=1S/C78H136N8O16/c1-25-59-64(89)38-52(15)62(87)43-58(78(18,19)44-82(20)76(99)57(49(10)11)42-67(92)101-24)63(88)41-56(48(8)9)77(100)84(22)60(36-46(4)5)65(90)39-53(16)71(94)79-54(17)74(97)83(21)61(37-47(6)7)66(91)40-55(35-45(2)3)75(98)85(23)69(50(12)13)73(96)81-68(72(95)80-59)70(93)51(14)29-27-26-28-30-86-31-33-102-34-32-86/h45-61,68-70,93H,25-44H2,1-24H3,(H,79,94)(H,80,95)(H,81,96)/t51-,52+,53-,54-,55-,56+,57+,58-,59+,60+,61+,68+,69+,70-/m1/s1. The number of likely N-dealkylation sites (N-methyl/N-ethyl adjacent to an activating group) is 3. The third-order valence-corrected chi connectivity index (χ3v) is 21.1. The van der Waals surface area contributed by atoms with Gasteiger partial charge >= 0.3 is 5.97 Å². The molecule has 0 aromatic carbocycles. The number of ketones is 5. The number of carbonyl (C=O) groups is 13. The Morgan fingerprint density at radius 2 is 1.15 bits per heavy atom. The minimum Gasteiger partial charge on any atom is -0.469 e. The first-order chi connectivity index (χ1) is 47.3. The molecule has 0 unspecified atom stereocenters. The van der Waals surface area contributed by atoms with Crippen molar-refractivity contribution in [3.63, 3.8) is 0 Å². The number of amides is 7. The number of nitrogens with zero attached hydrogens (tertiary/aromatic N) is 5. The third kappa shape index (κ3) is 28.5. The second kappa shape index (κ2) is 43.4. The Morgan fingerprint density at radius 3 is 1.66 bits per heavy atom. The highest BCUT2D eigenvalue weighted by molar-refractivity contribution is 6.00. The Labute approximate surface area is 611 Å². The lowest BCUT2D eigenvalue weighted by Gasteiger charge is -2.39. The predicted octanol–water partition coefficient (Wildman–Crippen LogP) is 7.94. The molecule has 2 fully saturated rings. The molecule has 0 aromatic rings. The number of methoxy groups -OCH3 is 1. The van der Waals surface area contributed by atoms with Crippen LogP contribution in [0.3, 0.4) is 0 Å². The van der Waals surface area contributed by atoms with Crippen molar-refractivity contribution in [2.75, 3.05) is 74.7 Å². The van der Waals surface area contributed by atoms with Crippen molar-refractivity contribution in [3.8, 4) is 0 Å². The summed E-state index contributed by atoms with van der Waals surface area (Å²) in [4.78, 5) is 198. The minimum atomic E-state index is -1.66. The maximum Gasteiger partial charge on any atom is 0.306 e. The number of hydrogen-bond donors (Lipinski definition) is 4. The molecule has 24 nitrogen and oxygen atoms in total. The van der Waals surface area contributed by atoms with Gasteiger partial charge in [-0.1, -0.05) is 137 Å². The molecule has 2 heterocycles. The van der Waals surface area contributed by atoms with Crippen LogP contribution in [0.4, 0.5) is 0 Å². The van der Waals surface area contributed by atoms with Gasteiger partial charge in [0.05, 0.1) is 56.9 Å². The van der Waals surface area contributed by atoms with Crippen LogP contribution in [0.25, 0.3) is 0 Å². The first-order valence-corrected chi connectivity index (χ1v) is 38.0. The van der Waals surface area contributed by atoms with Crippen molar-refractivity contribution in [1.29, 1.82) is 0 Å². The van der Waals surface area contributed by atoms with Gasteiger partial charge in [0.25, 0.3) is 0 Å². The summed E-state index contributed by atoms with van der Waals surface area (Å²) < 4.78 is 10.4. The molecule has 2 saturated heterocycles. The highest BCUT2D eigenvalue weighted by Gasteiger charge is 2.46. The van der Waals surface area contributed by atoms with Crippen molar-refractivity contribution in [3.05, 3.63) is 0 Å². The van der Waals surface area contributed by atoms with E-state index in [4.69, 9.17) is 9.47 Å².